The monoisotopic (exact) mass is 409 g/mol. The van der Waals surface area contributed by atoms with Gasteiger partial charge in [0.25, 0.3) is 0 Å². The van der Waals surface area contributed by atoms with E-state index in [2.05, 4.69) is 9.88 Å². The highest BCUT2D eigenvalue weighted by Crippen LogP contribution is 2.32. The molecule has 0 spiro atoms. The number of halogens is 1. The number of rotatable bonds is 3. The molecule has 4 aromatic rings. The first-order valence-corrected chi connectivity index (χ1v) is 10.1. The molecule has 7 heteroatoms. The van der Waals surface area contributed by atoms with Crippen LogP contribution in [0.5, 0.6) is 0 Å². The van der Waals surface area contributed by atoms with Crippen LogP contribution in [0.3, 0.4) is 0 Å². The number of para-hydroxylation sites is 2. The van der Waals surface area contributed by atoms with Crippen LogP contribution in [0, 0.1) is 0 Å². The predicted octanol–water partition coefficient (Wildman–Crippen LogP) is 4.32. The Morgan fingerprint density at radius 3 is 2.72 bits per heavy atom. The van der Waals surface area contributed by atoms with Gasteiger partial charge in [0, 0.05) is 31.2 Å². The van der Waals surface area contributed by atoms with E-state index in [9.17, 15) is 4.79 Å². The molecular formula is C22H20ClN3O3. The number of pyridine rings is 1. The van der Waals surface area contributed by atoms with Crippen LogP contribution in [-0.2, 0) is 11.3 Å². The van der Waals surface area contributed by atoms with Gasteiger partial charge >= 0.3 is 0 Å². The summed E-state index contributed by atoms with van der Waals surface area (Å²) in [4.78, 5) is 20.1. The van der Waals surface area contributed by atoms with Crippen LogP contribution < -0.4 is 10.3 Å². The number of oxazole rings is 1. The van der Waals surface area contributed by atoms with Gasteiger partial charge in [-0.15, -0.1) is 0 Å². The summed E-state index contributed by atoms with van der Waals surface area (Å²) in [7, 11) is 0. The molecule has 0 atom stereocenters. The number of hydrogen-bond donors (Lipinski definition) is 0. The fraction of sp³-hybridized carbons (Fsp3) is 0.273. The summed E-state index contributed by atoms with van der Waals surface area (Å²) >= 11 is 6.60. The number of benzene rings is 2. The van der Waals surface area contributed by atoms with Gasteiger partial charge in [-0.1, -0.05) is 23.7 Å². The smallest absolute Gasteiger partial charge is 0.232 e. The standard InChI is InChI=1S/C22H20ClN3O3/c1-2-25-13-15(22-24-17-5-3-4-6-20(17)29-22)21(27)14-11-19(16(23)12-18(14)25)26-7-9-28-10-8-26/h3-6,11-13H,2,7-10H2,1H3. The Labute approximate surface area is 172 Å². The van der Waals surface area contributed by atoms with Crippen LogP contribution in [-0.4, -0.2) is 35.9 Å². The van der Waals surface area contributed by atoms with Crippen LogP contribution in [0.1, 0.15) is 6.92 Å². The maximum Gasteiger partial charge on any atom is 0.232 e. The number of morpholine rings is 1. The third-order valence-electron chi connectivity index (χ3n) is 5.37. The molecule has 2 aromatic heterocycles. The SMILES string of the molecule is CCn1cc(-c2nc3ccccc3o2)c(=O)c2cc(N3CCOCC3)c(Cl)cc21. The molecule has 148 valence electrons. The maximum absolute atomic E-state index is 13.4. The second-order valence-corrected chi connectivity index (χ2v) is 7.47. The third-order valence-corrected chi connectivity index (χ3v) is 5.67. The number of aromatic nitrogens is 2. The number of ether oxygens (including phenoxy) is 1. The second-order valence-electron chi connectivity index (χ2n) is 7.06. The van der Waals surface area contributed by atoms with Gasteiger partial charge in [0.2, 0.25) is 11.3 Å². The van der Waals surface area contributed by atoms with E-state index in [0.29, 0.717) is 47.2 Å². The second kappa shape index (κ2) is 7.21. The topological polar surface area (TPSA) is 60.5 Å². The van der Waals surface area contributed by atoms with E-state index in [1.807, 2.05) is 47.9 Å². The number of hydrogen-bond acceptors (Lipinski definition) is 5. The van der Waals surface area contributed by atoms with E-state index in [1.54, 1.807) is 6.20 Å². The molecule has 2 aromatic carbocycles. The molecule has 0 saturated carbocycles. The van der Waals surface area contributed by atoms with Gasteiger partial charge in [0.15, 0.2) is 5.58 Å². The van der Waals surface area contributed by atoms with Crippen LogP contribution in [0.25, 0.3) is 33.5 Å². The maximum atomic E-state index is 13.4. The van der Waals surface area contributed by atoms with E-state index in [-0.39, 0.29) is 5.43 Å². The van der Waals surface area contributed by atoms with Crippen LogP contribution in [0.2, 0.25) is 5.02 Å². The highest BCUT2D eigenvalue weighted by molar-refractivity contribution is 6.34. The molecule has 1 fully saturated rings. The number of aryl methyl sites for hydroxylation is 1. The first-order chi connectivity index (χ1) is 14.2. The van der Waals surface area contributed by atoms with Gasteiger partial charge in [-0.3, -0.25) is 4.79 Å². The number of nitrogens with zero attached hydrogens (tertiary/aromatic N) is 3. The van der Waals surface area contributed by atoms with Crippen molar-refractivity contribution in [2.75, 3.05) is 31.2 Å². The van der Waals surface area contributed by atoms with E-state index >= 15 is 0 Å². The minimum absolute atomic E-state index is 0.109. The molecule has 5 rings (SSSR count). The molecule has 0 bridgehead atoms. The summed E-state index contributed by atoms with van der Waals surface area (Å²) in [6.07, 6.45) is 1.81. The van der Waals surface area contributed by atoms with Crippen LogP contribution >= 0.6 is 11.6 Å². The van der Waals surface area contributed by atoms with E-state index < -0.39 is 0 Å². The van der Waals surface area contributed by atoms with Gasteiger partial charge < -0.3 is 18.6 Å². The first-order valence-electron chi connectivity index (χ1n) is 9.71. The van der Waals surface area contributed by atoms with Crippen LogP contribution in [0.4, 0.5) is 5.69 Å². The zero-order chi connectivity index (χ0) is 20.0. The molecule has 0 N–H and O–H groups in total. The Hall–Kier alpha value is -2.83. The summed E-state index contributed by atoms with van der Waals surface area (Å²) < 4.78 is 13.3. The molecule has 0 unspecified atom stereocenters. The Morgan fingerprint density at radius 2 is 1.97 bits per heavy atom. The average Bonchev–Trinajstić information content (AvgIpc) is 3.18. The summed E-state index contributed by atoms with van der Waals surface area (Å²) in [6, 6.07) is 11.3. The van der Waals surface area contributed by atoms with E-state index in [4.69, 9.17) is 20.8 Å². The highest BCUT2D eigenvalue weighted by atomic mass is 35.5. The van der Waals surface area contributed by atoms with E-state index in [1.165, 1.54) is 0 Å². The van der Waals surface area contributed by atoms with Gasteiger partial charge in [-0.05, 0) is 31.2 Å². The summed E-state index contributed by atoms with van der Waals surface area (Å²) in [5, 5.41) is 1.24. The first kappa shape index (κ1) is 18.2. The van der Waals surface area contributed by atoms with Crippen molar-refractivity contribution in [1.29, 1.82) is 0 Å². The molecule has 0 amide bonds. The molecule has 6 nitrogen and oxygen atoms in total. The molecule has 1 aliphatic rings. The van der Waals surface area contributed by atoms with E-state index in [0.717, 1.165) is 29.8 Å². The number of anilines is 1. The largest absolute Gasteiger partial charge is 0.436 e. The normalized spacial score (nSPS) is 14.8. The highest BCUT2D eigenvalue weighted by Gasteiger charge is 2.20. The summed E-state index contributed by atoms with van der Waals surface area (Å²) in [5.74, 6) is 0.336. The predicted molar refractivity (Wildman–Crippen MR) is 115 cm³/mol. The van der Waals surface area contributed by atoms with Crippen molar-refractivity contribution in [2.45, 2.75) is 13.5 Å². The fourth-order valence-corrected chi connectivity index (χ4v) is 4.13. The van der Waals surface area contributed by atoms with Crippen molar-refractivity contribution >= 4 is 39.3 Å². The van der Waals surface area contributed by atoms with Gasteiger partial charge in [0.1, 0.15) is 11.1 Å². The zero-order valence-electron chi connectivity index (χ0n) is 16.0. The Bertz CT molecular complexity index is 1240. The van der Waals surface area contributed by atoms with Gasteiger partial charge in [0.05, 0.1) is 29.4 Å². The molecule has 1 saturated heterocycles. The average molecular weight is 410 g/mol. The quantitative estimate of drug-likeness (QED) is 0.504. The lowest BCUT2D eigenvalue weighted by Crippen LogP contribution is -2.36. The Morgan fingerprint density at radius 1 is 1.17 bits per heavy atom. The Kier molecular flexibility index (Phi) is 4.53. The van der Waals surface area contributed by atoms with Crippen molar-refractivity contribution in [3.05, 3.63) is 57.8 Å². The number of fused-ring (bicyclic) bond motifs is 2. The Balaban J connectivity index is 1.74. The molecule has 3 heterocycles. The molecular weight excluding hydrogens is 390 g/mol. The molecule has 1 aliphatic heterocycles. The van der Waals surface area contributed by atoms with Crippen molar-refractivity contribution in [3.8, 4) is 11.5 Å². The van der Waals surface area contributed by atoms with Crippen LogP contribution in [0.15, 0.2) is 51.8 Å². The lowest BCUT2D eigenvalue weighted by Gasteiger charge is -2.30. The minimum atomic E-state index is -0.109. The summed E-state index contributed by atoms with van der Waals surface area (Å²) in [6.45, 7) is 5.52. The van der Waals surface area contributed by atoms with Crippen molar-refractivity contribution in [3.63, 3.8) is 0 Å². The van der Waals surface area contributed by atoms with Gasteiger partial charge in [-0.2, -0.15) is 0 Å². The molecule has 0 radical (unpaired) electrons. The fourth-order valence-electron chi connectivity index (χ4n) is 3.85. The lowest BCUT2D eigenvalue weighted by molar-refractivity contribution is 0.122. The molecule has 29 heavy (non-hydrogen) atoms. The third kappa shape index (κ3) is 3.09. The minimum Gasteiger partial charge on any atom is -0.436 e. The summed E-state index contributed by atoms with van der Waals surface area (Å²) in [5.41, 5.74) is 3.40. The zero-order valence-corrected chi connectivity index (χ0v) is 16.8. The lowest BCUT2D eigenvalue weighted by atomic mass is 10.1. The molecule has 0 aliphatic carbocycles. The van der Waals surface area contributed by atoms with Crippen molar-refractivity contribution in [1.82, 2.24) is 9.55 Å². The van der Waals surface area contributed by atoms with Crippen molar-refractivity contribution < 1.29 is 9.15 Å². The van der Waals surface area contributed by atoms with Gasteiger partial charge in [-0.25, -0.2) is 4.98 Å². The van der Waals surface area contributed by atoms with Crippen molar-refractivity contribution in [2.24, 2.45) is 0 Å².